The maximum absolute atomic E-state index is 5.91. The number of ether oxygens (including phenoxy) is 1. The highest BCUT2D eigenvalue weighted by Crippen LogP contribution is 2.24. The Morgan fingerprint density at radius 2 is 1.86 bits per heavy atom. The molecule has 5 heteroatoms. The van der Waals surface area contributed by atoms with Crippen LogP contribution < -0.4 is 4.74 Å². The van der Waals surface area contributed by atoms with Gasteiger partial charge in [-0.05, 0) is 31.4 Å². The molecule has 0 fully saturated rings. The summed E-state index contributed by atoms with van der Waals surface area (Å²) in [5.74, 6) is 1.03. The van der Waals surface area contributed by atoms with Gasteiger partial charge in [0, 0.05) is 31.9 Å². The molecular formula is C17H29NO3Si. The molecule has 22 heavy (non-hydrogen) atoms. The van der Waals surface area contributed by atoms with Crippen molar-refractivity contribution >= 4 is 9.28 Å². The quantitative estimate of drug-likeness (QED) is 0.618. The second-order valence-corrected chi connectivity index (χ2v) is 7.85. The predicted molar refractivity (Wildman–Crippen MR) is 91.4 cm³/mol. The number of para-hydroxylation sites is 1. The van der Waals surface area contributed by atoms with Gasteiger partial charge < -0.3 is 13.6 Å². The molecule has 1 heterocycles. The van der Waals surface area contributed by atoms with E-state index in [1.54, 1.807) is 0 Å². The molecule has 0 N–H and O–H groups in total. The Morgan fingerprint density at radius 3 is 2.59 bits per heavy atom. The van der Waals surface area contributed by atoms with Crippen LogP contribution in [0.4, 0.5) is 0 Å². The van der Waals surface area contributed by atoms with Gasteiger partial charge in [0.25, 0.3) is 0 Å². The third-order valence-electron chi connectivity index (χ3n) is 3.70. The average molecular weight is 324 g/mol. The van der Waals surface area contributed by atoms with Crippen LogP contribution in [0.15, 0.2) is 24.3 Å². The van der Waals surface area contributed by atoms with E-state index in [2.05, 4.69) is 30.9 Å². The van der Waals surface area contributed by atoms with E-state index in [0.717, 1.165) is 57.4 Å². The number of rotatable bonds is 10. The normalized spacial score (nSPS) is 14.9. The minimum absolute atomic E-state index is 0.689. The van der Waals surface area contributed by atoms with E-state index >= 15 is 0 Å². The van der Waals surface area contributed by atoms with Gasteiger partial charge in [-0.15, -0.1) is 0 Å². The van der Waals surface area contributed by atoms with Crippen LogP contribution in [-0.4, -0.2) is 40.7 Å². The molecule has 0 atom stereocenters. The van der Waals surface area contributed by atoms with Crippen LogP contribution in [0.2, 0.25) is 6.04 Å². The molecule has 1 aromatic rings. The largest absolute Gasteiger partial charge is 0.478 e. The Bertz CT molecular complexity index is 422. The molecule has 0 aromatic heterocycles. The Balaban J connectivity index is 1.70. The summed E-state index contributed by atoms with van der Waals surface area (Å²) < 4.78 is 17.6. The van der Waals surface area contributed by atoms with Crippen molar-refractivity contribution in [2.45, 2.75) is 45.7 Å². The molecule has 4 nitrogen and oxygen atoms in total. The molecule has 1 aromatic carbocycles. The molecule has 2 rings (SSSR count). The van der Waals surface area contributed by atoms with Gasteiger partial charge in [-0.3, -0.25) is 4.90 Å². The standard InChI is InChI=1S/C17H29NO3Si/c1-3-11-20-22(21-12-4-2)13-7-10-18-14-16-8-5-6-9-17(16)19-15-18/h5-6,8-9,22H,3-4,7,10-15H2,1-2H3. The highest BCUT2D eigenvalue weighted by atomic mass is 28.3. The number of hydrogen-bond donors (Lipinski definition) is 0. The van der Waals surface area contributed by atoms with Gasteiger partial charge in [-0.25, -0.2) is 0 Å². The molecule has 0 radical (unpaired) electrons. The first kappa shape index (κ1) is 17.5. The summed E-state index contributed by atoms with van der Waals surface area (Å²) in [6.45, 7) is 8.68. The Labute approximate surface area is 136 Å². The summed E-state index contributed by atoms with van der Waals surface area (Å²) >= 11 is 0. The highest BCUT2D eigenvalue weighted by molar-refractivity contribution is 6.44. The summed E-state index contributed by atoms with van der Waals surface area (Å²) in [6.07, 6.45) is 3.25. The summed E-state index contributed by atoms with van der Waals surface area (Å²) in [5.41, 5.74) is 1.28. The zero-order valence-corrected chi connectivity index (χ0v) is 15.1. The average Bonchev–Trinajstić information content (AvgIpc) is 2.56. The summed E-state index contributed by atoms with van der Waals surface area (Å²) in [4.78, 5) is 2.35. The second-order valence-electron chi connectivity index (χ2n) is 5.75. The first-order valence-electron chi connectivity index (χ1n) is 8.49. The van der Waals surface area contributed by atoms with Crippen LogP contribution in [0.25, 0.3) is 0 Å². The maximum Gasteiger partial charge on any atom is 0.321 e. The van der Waals surface area contributed by atoms with Crippen LogP contribution in [0.1, 0.15) is 38.7 Å². The third-order valence-corrected chi connectivity index (χ3v) is 5.79. The molecule has 1 aliphatic rings. The topological polar surface area (TPSA) is 30.9 Å². The van der Waals surface area contributed by atoms with E-state index in [-0.39, 0.29) is 0 Å². The van der Waals surface area contributed by atoms with Crippen molar-refractivity contribution in [3.8, 4) is 5.75 Å². The molecule has 0 bridgehead atoms. The predicted octanol–water partition coefficient (Wildman–Crippen LogP) is 3.30. The van der Waals surface area contributed by atoms with Gasteiger partial charge in [0.05, 0.1) is 0 Å². The number of fused-ring (bicyclic) bond motifs is 1. The number of hydrogen-bond acceptors (Lipinski definition) is 4. The number of nitrogens with zero attached hydrogens (tertiary/aromatic N) is 1. The van der Waals surface area contributed by atoms with Crippen molar-refractivity contribution in [1.82, 2.24) is 4.90 Å². The lowest BCUT2D eigenvalue weighted by Gasteiger charge is -2.29. The highest BCUT2D eigenvalue weighted by Gasteiger charge is 2.18. The molecule has 1 aliphatic heterocycles. The van der Waals surface area contributed by atoms with Crippen LogP contribution in [0, 0.1) is 0 Å². The van der Waals surface area contributed by atoms with Crippen LogP contribution in [-0.2, 0) is 15.4 Å². The zero-order valence-electron chi connectivity index (χ0n) is 13.9. The maximum atomic E-state index is 5.91. The van der Waals surface area contributed by atoms with Crippen LogP contribution in [0.5, 0.6) is 5.75 Å². The minimum atomic E-state index is -1.48. The van der Waals surface area contributed by atoms with Gasteiger partial charge in [0.15, 0.2) is 0 Å². The van der Waals surface area contributed by atoms with Crippen molar-refractivity contribution in [3.63, 3.8) is 0 Å². The van der Waals surface area contributed by atoms with Gasteiger partial charge in [0.2, 0.25) is 0 Å². The van der Waals surface area contributed by atoms with Gasteiger partial charge in [-0.2, -0.15) is 0 Å². The fourth-order valence-electron chi connectivity index (χ4n) is 2.56. The smallest absolute Gasteiger partial charge is 0.321 e. The second kappa shape index (κ2) is 10.00. The van der Waals surface area contributed by atoms with Crippen molar-refractivity contribution < 1.29 is 13.6 Å². The fraction of sp³-hybridized carbons (Fsp3) is 0.647. The zero-order chi connectivity index (χ0) is 15.6. The molecular weight excluding hydrogens is 294 g/mol. The lowest BCUT2D eigenvalue weighted by molar-refractivity contribution is 0.0944. The third kappa shape index (κ3) is 5.72. The summed E-state index contributed by atoms with van der Waals surface area (Å²) in [5, 5.41) is 0. The van der Waals surface area contributed by atoms with Gasteiger partial charge in [-0.1, -0.05) is 32.0 Å². The lowest BCUT2D eigenvalue weighted by atomic mass is 10.1. The first-order valence-corrected chi connectivity index (χ1v) is 10.3. The van der Waals surface area contributed by atoms with Crippen molar-refractivity contribution in [2.75, 3.05) is 26.5 Å². The monoisotopic (exact) mass is 323 g/mol. The van der Waals surface area contributed by atoms with Crippen molar-refractivity contribution in [3.05, 3.63) is 29.8 Å². The summed E-state index contributed by atoms with van der Waals surface area (Å²) in [6, 6.07) is 9.38. The Kier molecular flexibility index (Phi) is 7.94. The SMILES string of the molecule is CCCO[SiH](CCCN1COc2ccccc2C1)OCCC. The molecule has 0 spiro atoms. The van der Waals surface area contributed by atoms with Crippen molar-refractivity contribution in [1.29, 1.82) is 0 Å². The fourth-order valence-corrected chi connectivity index (χ4v) is 4.50. The van der Waals surface area contributed by atoms with Crippen LogP contribution in [0.3, 0.4) is 0 Å². The molecule has 124 valence electrons. The van der Waals surface area contributed by atoms with E-state index < -0.39 is 9.28 Å². The molecule has 0 saturated carbocycles. The minimum Gasteiger partial charge on any atom is -0.478 e. The molecule has 0 amide bonds. The Hall–Kier alpha value is -0.883. The lowest BCUT2D eigenvalue weighted by Crippen LogP contribution is -2.33. The van der Waals surface area contributed by atoms with E-state index in [1.807, 2.05) is 12.1 Å². The molecule has 0 unspecified atom stereocenters. The molecule has 0 aliphatic carbocycles. The van der Waals surface area contributed by atoms with Gasteiger partial charge in [0.1, 0.15) is 12.5 Å². The first-order chi connectivity index (χ1) is 10.8. The summed E-state index contributed by atoms with van der Waals surface area (Å²) in [7, 11) is -1.48. The van der Waals surface area contributed by atoms with Gasteiger partial charge >= 0.3 is 9.28 Å². The van der Waals surface area contributed by atoms with Crippen LogP contribution >= 0.6 is 0 Å². The van der Waals surface area contributed by atoms with E-state index in [4.69, 9.17) is 13.6 Å². The van der Waals surface area contributed by atoms with E-state index in [0.29, 0.717) is 6.73 Å². The van der Waals surface area contributed by atoms with E-state index in [9.17, 15) is 0 Å². The van der Waals surface area contributed by atoms with E-state index in [1.165, 1.54) is 5.56 Å². The Morgan fingerprint density at radius 1 is 1.14 bits per heavy atom. The van der Waals surface area contributed by atoms with Crippen molar-refractivity contribution in [2.24, 2.45) is 0 Å². The molecule has 0 saturated heterocycles. The number of benzene rings is 1.